The van der Waals surface area contributed by atoms with E-state index < -0.39 is 0 Å². The molecule has 24 heavy (non-hydrogen) atoms. The zero-order chi connectivity index (χ0) is 16.7. The lowest BCUT2D eigenvalue weighted by molar-refractivity contribution is -0.139. The van der Waals surface area contributed by atoms with E-state index in [9.17, 15) is 4.79 Å². The van der Waals surface area contributed by atoms with E-state index in [1.165, 1.54) is 11.1 Å². The molecule has 0 N–H and O–H groups in total. The van der Waals surface area contributed by atoms with E-state index in [0.29, 0.717) is 12.3 Å². The zero-order valence-electron chi connectivity index (χ0n) is 14.1. The first kappa shape index (κ1) is 15.6. The SMILES string of the molecule is Cc1cc2c(cc1C)O[C@@H](C(=O)N1CCC[C@@H](c3nccs3)C1)C2. The molecule has 1 saturated heterocycles. The van der Waals surface area contributed by atoms with E-state index in [1.807, 2.05) is 16.5 Å². The van der Waals surface area contributed by atoms with Crippen molar-refractivity contribution in [1.82, 2.24) is 9.88 Å². The number of fused-ring (bicyclic) bond motifs is 1. The lowest BCUT2D eigenvalue weighted by Crippen LogP contribution is -2.45. The number of ether oxygens (including phenoxy) is 1. The Morgan fingerprint density at radius 3 is 2.96 bits per heavy atom. The number of hydrogen-bond donors (Lipinski definition) is 0. The van der Waals surface area contributed by atoms with Crippen LogP contribution < -0.4 is 4.74 Å². The van der Waals surface area contributed by atoms with E-state index >= 15 is 0 Å². The van der Waals surface area contributed by atoms with E-state index in [-0.39, 0.29) is 12.0 Å². The molecule has 1 aromatic heterocycles. The topological polar surface area (TPSA) is 42.4 Å². The highest BCUT2D eigenvalue weighted by Gasteiger charge is 2.35. The smallest absolute Gasteiger partial charge is 0.264 e. The van der Waals surface area contributed by atoms with Crippen LogP contribution in [0.4, 0.5) is 0 Å². The molecule has 1 amide bonds. The summed E-state index contributed by atoms with van der Waals surface area (Å²) in [5, 5.41) is 3.16. The fraction of sp³-hybridized carbons (Fsp3) is 0.474. The van der Waals surface area contributed by atoms with Crippen LogP contribution in [0.5, 0.6) is 5.75 Å². The summed E-state index contributed by atoms with van der Waals surface area (Å²) < 4.78 is 5.98. The molecular weight excluding hydrogens is 320 g/mol. The number of aromatic nitrogens is 1. The minimum Gasteiger partial charge on any atom is -0.480 e. The summed E-state index contributed by atoms with van der Waals surface area (Å²) in [5.41, 5.74) is 3.63. The summed E-state index contributed by atoms with van der Waals surface area (Å²) >= 11 is 1.69. The molecule has 2 aliphatic rings. The molecule has 1 fully saturated rings. The van der Waals surface area contributed by atoms with Crippen molar-refractivity contribution in [1.29, 1.82) is 0 Å². The second-order valence-electron chi connectivity index (χ2n) is 6.85. The van der Waals surface area contributed by atoms with E-state index in [1.54, 1.807) is 11.3 Å². The van der Waals surface area contributed by atoms with Gasteiger partial charge in [-0.15, -0.1) is 11.3 Å². The van der Waals surface area contributed by atoms with Crippen LogP contribution in [0.1, 0.15) is 40.5 Å². The van der Waals surface area contributed by atoms with Gasteiger partial charge in [-0.1, -0.05) is 6.07 Å². The maximum atomic E-state index is 12.9. The summed E-state index contributed by atoms with van der Waals surface area (Å²) in [7, 11) is 0. The molecule has 5 heteroatoms. The third-order valence-corrected chi connectivity index (χ3v) is 6.10. The van der Waals surface area contributed by atoms with Crippen molar-refractivity contribution in [3.63, 3.8) is 0 Å². The molecule has 0 aliphatic carbocycles. The summed E-state index contributed by atoms with van der Waals surface area (Å²) in [6.45, 7) is 5.78. The van der Waals surface area contributed by atoms with Gasteiger partial charge in [0.2, 0.25) is 0 Å². The molecule has 4 nitrogen and oxygen atoms in total. The fourth-order valence-electron chi connectivity index (χ4n) is 3.67. The Morgan fingerprint density at radius 1 is 1.33 bits per heavy atom. The average Bonchev–Trinajstić information content (AvgIpc) is 3.24. The minimum atomic E-state index is -0.365. The number of benzene rings is 1. The number of thiazole rings is 1. The van der Waals surface area contributed by atoms with Crippen molar-refractivity contribution in [2.24, 2.45) is 0 Å². The average molecular weight is 342 g/mol. The number of hydrogen-bond acceptors (Lipinski definition) is 4. The maximum absolute atomic E-state index is 12.9. The number of rotatable bonds is 2. The Morgan fingerprint density at radius 2 is 2.17 bits per heavy atom. The Balaban J connectivity index is 1.46. The molecule has 126 valence electrons. The summed E-state index contributed by atoms with van der Waals surface area (Å²) in [4.78, 5) is 19.3. The highest BCUT2D eigenvalue weighted by atomic mass is 32.1. The number of amides is 1. The fourth-order valence-corrected chi connectivity index (χ4v) is 4.44. The summed E-state index contributed by atoms with van der Waals surface area (Å²) in [6.07, 6.45) is 4.32. The van der Waals surface area contributed by atoms with Crippen LogP contribution >= 0.6 is 11.3 Å². The van der Waals surface area contributed by atoms with Gasteiger partial charge >= 0.3 is 0 Å². The van der Waals surface area contributed by atoms with Crippen molar-refractivity contribution >= 4 is 17.2 Å². The minimum absolute atomic E-state index is 0.128. The Bertz CT molecular complexity index is 726. The van der Waals surface area contributed by atoms with E-state index in [2.05, 4.69) is 31.0 Å². The largest absolute Gasteiger partial charge is 0.480 e. The second kappa shape index (κ2) is 6.20. The van der Waals surface area contributed by atoms with Crippen molar-refractivity contribution in [2.45, 2.75) is 45.1 Å². The number of nitrogens with zero attached hydrogens (tertiary/aromatic N) is 2. The molecular formula is C19H22N2O2S. The van der Waals surface area contributed by atoms with Gasteiger partial charge in [-0.05, 0) is 49.4 Å². The van der Waals surface area contributed by atoms with Crippen LogP contribution in [-0.2, 0) is 11.2 Å². The van der Waals surface area contributed by atoms with Crippen molar-refractivity contribution in [2.75, 3.05) is 13.1 Å². The number of carbonyl (C=O) groups excluding carboxylic acids is 1. The van der Waals surface area contributed by atoms with Gasteiger partial charge in [0, 0.05) is 37.0 Å². The molecule has 0 saturated carbocycles. The monoisotopic (exact) mass is 342 g/mol. The van der Waals surface area contributed by atoms with Gasteiger partial charge < -0.3 is 9.64 Å². The standard InChI is InChI=1S/C19H22N2O2S/c1-12-8-15-10-17(23-16(15)9-13(12)2)19(22)21-6-3-4-14(11-21)18-20-5-7-24-18/h5,7-9,14,17H,3-4,6,10-11H2,1-2H3/t14-,17-/m1/s1. The van der Waals surface area contributed by atoms with E-state index in [4.69, 9.17) is 4.74 Å². The van der Waals surface area contributed by atoms with Gasteiger partial charge in [-0.3, -0.25) is 4.79 Å². The van der Waals surface area contributed by atoms with Gasteiger partial charge in [0.05, 0.1) is 5.01 Å². The highest BCUT2D eigenvalue weighted by Crippen LogP contribution is 2.34. The lowest BCUT2D eigenvalue weighted by Gasteiger charge is -2.33. The Kier molecular flexibility index (Phi) is 4.04. The first-order valence-corrected chi connectivity index (χ1v) is 9.44. The van der Waals surface area contributed by atoms with Crippen LogP contribution in [0.3, 0.4) is 0 Å². The van der Waals surface area contributed by atoms with Gasteiger partial charge in [-0.2, -0.15) is 0 Å². The molecule has 0 radical (unpaired) electrons. The van der Waals surface area contributed by atoms with E-state index in [0.717, 1.165) is 42.3 Å². The number of carbonyl (C=O) groups is 1. The summed E-state index contributed by atoms with van der Waals surface area (Å²) in [6, 6.07) is 4.22. The third kappa shape index (κ3) is 2.81. The number of likely N-dealkylation sites (tertiary alicyclic amines) is 1. The zero-order valence-corrected chi connectivity index (χ0v) is 14.9. The van der Waals surface area contributed by atoms with Gasteiger partial charge in [-0.25, -0.2) is 4.98 Å². The Hall–Kier alpha value is -1.88. The van der Waals surface area contributed by atoms with Crippen molar-refractivity contribution < 1.29 is 9.53 Å². The van der Waals surface area contributed by atoms with Crippen LogP contribution in [-0.4, -0.2) is 35.0 Å². The van der Waals surface area contributed by atoms with Gasteiger partial charge in [0.25, 0.3) is 5.91 Å². The van der Waals surface area contributed by atoms with Crippen LogP contribution in [0.25, 0.3) is 0 Å². The predicted molar refractivity (Wildman–Crippen MR) is 94.7 cm³/mol. The number of piperidine rings is 1. The molecule has 0 unspecified atom stereocenters. The molecule has 3 heterocycles. The first-order chi connectivity index (χ1) is 11.6. The van der Waals surface area contributed by atoms with Crippen molar-refractivity contribution in [3.8, 4) is 5.75 Å². The highest BCUT2D eigenvalue weighted by molar-refractivity contribution is 7.09. The van der Waals surface area contributed by atoms with Gasteiger partial charge in [0.15, 0.2) is 6.10 Å². The van der Waals surface area contributed by atoms with Crippen LogP contribution in [0, 0.1) is 13.8 Å². The molecule has 4 rings (SSSR count). The molecule has 0 bridgehead atoms. The van der Waals surface area contributed by atoms with Crippen LogP contribution in [0.15, 0.2) is 23.7 Å². The van der Waals surface area contributed by atoms with Crippen molar-refractivity contribution in [3.05, 3.63) is 45.4 Å². The molecule has 2 atom stereocenters. The quantitative estimate of drug-likeness (QED) is 0.839. The molecule has 2 aromatic rings. The summed E-state index contributed by atoms with van der Waals surface area (Å²) in [5.74, 6) is 1.38. The predicted octanol–water partition coefficient (Wildman–Crippen LogP) is 3.47. The molecule has 0 spiro atoms. The third-order valence-electron chi connectivity index (χ3n) is 5.16. The van der Waals surface area contributed by atoms with Gasteiger partial charge in [0.1, 0.15) is 5.75 Å². The second-order valence-corrected chi connectivity index (χ2v) is 7.77. The first-order valence-electron chi connectivity index (χ1n) is 8.57. The number of aryl methyl sites for hydroxylation is 2. The van der Waals surface area contributed by atoms with Crippen LogP contribution in [0.2, 0.25) is 0 Å². The maximum Gasteiger partial charge on any atom is 0.264 e. The molecule has 1 aromatic carbocycles. The molecule has 2 aliphatic heterocycles. The Labute approximate surface area is 146 Å². The normalized spacial score (nSPS) is 23.0. The lowest BCUT2D eigenvalue weighted by atomic mass is 9.97.